The van der Waals surface area contributed by atoms with Crippen LogP contribution in [0.1, 0.15) is 33.5 Å². The van der Waals surface area contributed by atoms with E-state index in [4.69, 9.17) is 11.2 Å². The summed E-state index contributed by atoms with van der Waals surface area (Å²) in [5.74, 6) is 4.44. The fourth-order valence-corrected chi connectivity index (χ4v) is 1.22. The molecule has 17 heavy (non-hydrogen) atoms. The lowest BCUT2D eigenvalue weighted by Crippen LogP contribution is -2.18. The normalized spacial score (nSPS) is 10.8. The van der Waals surface area contributed by atoms with E-state index in [-0.39, 0.29) is 12.0 Å². The van der Waals surface area contributed by atoms with Gasteiger partial charge in [-0.15, -0.1) is 6.42 Å². The smallest absolute Gasteiger partial charge is 0.219 e. The highest BCUT2D eigenvalue weighted by molar-refractivity contribution is 5.39. The fraction of sp³-hybridized carbons (Fsp3) is 0.538. The molecule has 0 aliphatic heterocycles. The molecule has 0 aliphatic carbocycles. The third-order valence-electron chi connectivity index (χ3n) is 2.03. The zero-order valence-corrected chi connectivity index (χ0v) is 10.9. The summed E-state index contributed by atoms with van der Waals surface area (Å²) in [6.45, 7) is 9.21. The Morgan fingerprint density at radius 1 is 1.41 bits per heavy atom. The number of aromatic nitrogens is 2. The van der Waals surface area contributed by atoms with Crippen molar-refractivity contribution >= 4 is 5.82 Å². The quantitative estimate of drug-likeness (QED) is 0.810. The summed E-state index contributed by atoms with van der Waals surface area (Å²) < 4.78 is 5.35. The van der Waals surface area contributed by atoms with E-state index in [1.54, 1.807) is 6.07 Å². The zero-order chi connectivity index (χ0) is 12.9. The summed E-state index contributed by atoms with van der Waals surface area (Å²) in [5, 5.41) is 3.15. The van der Waals surface area contributed by atoms with Gasteiger partial charge in [-0.05, 0) is 6.92 Å². The van der Waals surface area contributed by atoms with Crippen LogP contribution in [0.25, 0.3) is 0 Å². The van der Waals surface area contributed by atoms with Crippen LogP contribution in [0.15, 0.2) is 6.07 Å². The molecule has 1 aromatic rings. The molecule has 4 nitrogen and oxygen atoms in total. The van der Waals surface area contributed by atoms with E-state index in [1.165, 1.54) is 0 Å². The van der Waals surface area contributed by atoms with Gasteiger partial charge in [0.15, 0.2) is 6.61 Å². The van der Waals surface area contributed by atoms with Crippen molar-refractivity contribution in [2.24, 2.45) is 0 Å². The van der Waals surface area contributed by atoms with Gasteiger partial charge in [0, 0.05) is 18.0 Å². The van der Waals surface area contributed by atoms with Gasteiger partial charge in [-0.2, -0.15) is 4.98 Å². The van der Waals surface area contributed by atoms with Crippen LogP contribution in [-0.4, -0.2) is 23.1 Å². The first-order valence-corrected chi connectivity index (χ1v) is 5.67. The van der Waals surface area contributed by atoms with Crippen LogP contribution in [0.3, 0.4) is 0 Å². The van der Waals surface area contributed by atoms with Gasteiger partial charge in [0.1, 0.15) is 11.6 Å². The van der Waals surface area contributed by atoms with Gasteiger partial charge >= 0.3 is 0 Å². The minimum absolute atomic E-state index is 0.125. The number of nitrogens with one attached hydrogen (secondary N) is 1. The molecular formula is C13H19N3O. The summed E-state index contributed by atoms with van der Waals surface area (Å²) in [6.07, 6.45) is 5.16. The van der Waals surface area contributed by atoms with Crippen molar-refractivity contribution in [3.8, 4) is 18.2 Å². The second-order valence-corrected chi connectivity index (χ2v) is 4.69. The predicted molar refractivity (Wildman–Crippen MR) is 69.2 cm³/mol. The Kier molecular flexibility index (Phi) is 4.33. The van der Waals surface area contributed by atoms with E-state index in [0.717, 1.165) is 18.2 Å². The Morgan fingerprint density at radius 2 is 2.12 bits per heavy atom. The number of nitrogens with zero attached hydrogens (tertiary/aromatic N) is 2. The van der Waals surface area contributed by atoms with Crippen LogP contribution >= 0.6 is 0 Å². The van der Waals surface area contributed by atoms with E-state index >= 15 is 0 Å². The fourth-order valence-electron chi connectivity index (χ4n) is 1.22. The molecule has 1 rings (SSSR count). The highest BCUT2D eigenvalue weighted by Crippen LogP contribution is 2.23. The van der Waals surface area contributed by atoms with Gasteiger partial charge in [0.2, 0.25) is 5.88 Å². The van der Waals surface area contributed by atoms with E-state index in [9.17, 15) is 0 Å². The van der Waals surface area contributed by atoms with Crippen LogP contribution in [0.4, 0.5) is 5.82 Å². The lowest BCUT2D eigenvalue weighted by atomic mass is 9.96. The Hall–Kier alpha value is -1.76. The predicted octanol–water partition coefficient (Wildman–Crippen LogP) is 2.22. The van der Waals surface area contributed by atoms with Crippen LogP contribution in [0, 0.1) is 12.3 Å². The molecule has 0 aromatic carbocycles. The number of anilines is 1. The maximum Gasteiger partial charge on any atom is 0.219 e. The van der Waals surface area contributed by atoms with Crippen LogP contribution < -0.4 is 10.1 Å². The summed E-state index contributed by atoms with van der Waals surface area (Å²) in [5.41, 5.74) is -0.125. The molecule has 0 aliphatic rings. The highest BCUT2D eigenvalue weighted by atomic mass is 16.5. The maximum atomic E-state index is 5.35. The Labute approximate surface area is 103 Å². The second-order valence-electron chi connectivity index (χ2n) is 4.69. The Bertz CT molecular complexity index is 416. The summed E-state index contributed by atoms with van der Waals surface area (Å²) in [4.78, 5) is 8.80. The maximum absolute atomic E-state index is 5.35. The Balaban J connectivity index is 3.06. The molecule has 1 heterocycles. The van der Waals surface area contributed by atoms with Gasteiger partial charge in [0.05, 0.1) is 0 Å². The van der Waals surface area contributed by atoms with Gasteiger partial charge in [0.25, 0.3) is 0 Å². The molecule has 0 radical (unpaired) electrons. The topological polar surface area (TPSA) is 47.0 Å². The first kappa shape index (κ1) is 13.3. The van der Waals surface area contributed by atoms with Gasteiger partial charge in [-0.3, -0.25) is 0 Å². The first-order valence-electron chi connectivity index (χ1n) is 5.67. The van der Waals surface area contributed by atoms with Crippen molar-refractivity contribution in [2.75, 3.05) is 18.5 Å². The number of hydrogen-bond donors (Lipinski definition) is 1. The minimum atomic E-state index is -0.125. The van der Waals surface area contributed by atoms with Crippen molar-refractivity contribution < 1.29 is 4.74 Å². The molecule has 0 saturated carbocycles. The third-order valence-corrected chi connectivity index (χ3v) is 2.03. The average Bonchev–Trinajstić information content (AvgIpc) is 2.25. The Morgan fingerprint density at radius 3 is 2.65 bits per heavy atom. The average molecular weight is 233 g/mol. The standard InChI is InChI=1S/C13H19N3O/c1-6-8-17-11-9-10(14-7-2)15-12(16-11)13(3,4)5/h1,9H,7-8H2,2-5H3,(H,14,15,16). The van der Waals surface area contributed by atoms with Gasteiger partial charge in [-0.1, -0.05) is 26.7 Å². The molecule has 92 valence electrons. The molecule has 4 heteroatoms. The van der Waals surface area contributed by atoms with E-state index in [2.05, 4.69) is 42.0 Å². The number of hydrogen-bond acceptors (Lipinski definition) is 4. The van der Waals surface area contributed by atoms with Crippen molar-refractivity contribution in [1.82, 2.24) is 9.97 Å². The van der Waals surface area contributed by atoms with Crippen LogP contribution in [-0.2, 0) is 5.41 Å². The SMILES string of the molecule is C#CCOc1cc(NCC)nc(C(C)(C)C)n1. The number of ether oxygens (including phenoxy) is 1. The molecule has 0 atom stereocenters. The molecule has 0 bridgehead atoms. The van der Waals surface area contributed by atoms with Gasteiger partial charge in [-0.25, -0.2) is 4.98 Å². The molecule has 0 spiro atoms. The van der Waals surface area contributed by atoms with E-state index in [0.29, 0.717) is 5.88 Å². The molecule has 0 unspecified atom stereocenters. The zero-order valence-electron chi connectivity index (χ0n) is 10.9. The number of terminal acetylenes is 1. The van der Waals surface area contributed by atoms with Crippen molar-refractivity contribution in [3.63, 3.8) is 0 Å². The molecule has 1 aromatic heterocycles. The molecular weight excluding hydrogens is 214 g/mol. The van der Waals surface area contributed by atoms with Crippen LogP contribution in [0.5, 0.6) is 5.88 Å². The van der Waals surface area contributed by atoms with Crippen molar-refractivity contribution in [2.45, 2.75) is 33.1 Å². The van der Waals surface area contributed by atoms with Crippen LogP contribution in [0.2, 0.25) is 0 Å². The number of rotatable bonds is 4. The van der Waals surface area contributed by atoms with E-state index in [1.807, 2.05) is 6.92 Å². The summed E-state index contributed by atoms with van der Waals surface area (Å²) >= 11 is 0. The minimum Gasteiger partial charge on any atom is -0.464 e. The highest BCUT2D eigenvalue weighted by Gasteiger charge is 2.19. The molecule has 1 N–H and O–H groups in total. The van der Waals surface area contributed by atoms with Crippen molar-refractivity contribution in [3.05, 3.63) is 11.9 Å². The van der Waals surface area contributed by atoms with Crippen molar-refractivity contribution in [1.29, 1.82) is 0 Å². The lowest BCUT2D eigenvalue weighted by Gasteiger charge is -2.18. The summed E-state index contributed by atoms with van der Waals surface area (Å²) in [6, 6.07) is 1.76. The first-order chi connectivity index (χ1) is 7.97. The van der Waals surface area contributed by atoms with Gasteiger partial charge < -0.3 is 10.1 Å². The van der Waals surface area contributed by atoms with E-state index < -0.39 is 0 Å². The monoisotopic (exact) mass is 233 g/mol. The largest absolute Gasteiger partial charge is 0.464 e. The summed E-state index contributed by atoms with van der Waals surface area (Å²) in [7, 11) is 0. The lowest BCUT2D eigenvalue weighted by molar-refractivity contribution is 0.349. The molecule has 0 fully saturated rings. The molecule has 0 saturated heterocycles. The third kappa shape index (κ3) is 3.95. The second kappa shape index (κ2) is 5.53. The molecule has 0 amide bonds.